The number of nitro groups is 1. The lowest BCUT2D eigenvalue weighted by Crippen LogP contribution is -2.11. The minimum atomic E-state index is -1.94. The van der Waals surface area contributed by atoms with E-state index < -0.39 is 6.69 Å². The Morgan fingerprint density at radius 3 is 2.52 bits per heavy atom. The van der Waals surface area contributed by atoms with Crippen molar-refractivity contribution >= 4 is 34.5 Å². The Labute approximate surface area is 136 Å². The van der Waals surface area contributed by atoms with Crippen LogP contribution in [0.1, 0.15) is 31.2 Å². The summed E-state index contributed by atoms with van der Waals surface area (Å²) in [7, 11) is 0. The maximum absolute atomic E-state index is 10.8. The molecule has 0 aliphatic carbocycles. The zero-order valence-electron chi connectivity index (χ0n) is 12.2. The summed E-state index contributed by atoms with van der Waals surface area (Å²) in [6.07, 6.45) is 4.16. The van der Waals surface area contributed by atoms with Crippen LogP contribution in [-0.4, -0.2) is 18.2 Å². The molecule has 21 heavy (non-hydrogen) atoms. The summed E-state index contributed by atoms with van der Waals surface area (Å²) in [6.45, 7) is 0.889. The van der Waals surface area contributed by atoms with Crippen molar-refractivity contribution in [3.05, 3.63) is 39.9 Å². The predicted octanol–water partition coefficient (Wildman–Crippen LogP) is 5.22. The Hall–Kier alpha value is -0.623. The van der Waals surface area contributed by atoms with Gasteiger partial charge in [-0.05, 0) is 25.1 Å². The SMILES string of the molecule is C[Si](Cl)(Cl)CCCCCCOCc1ccccc1[N+](=O)[O-]. The second-order valence-corrected chi connectivity index (χ2v) is 13.4. The maximum Gasteiger partial charge on any atom is 0.274 e. The lowest BCUT2D eigenvalue weighted by atomic mass is 10.2. The molecule has 0 saturated carbocycles. The number of rotatable bonds is 10. The summed E-state index contributed by atoms with van der Waals surface area (Å²) in [5.74, 6) is 0. The number of nitro benzene ring substituents is 1. The standard InChI is InChI=1S/C14H21Cl2NO3Si/c1-21(15,16)11-7-3-2-6-10-20-12-13-8-4-5-9-14(13)17(18)19/h4-5,8-9H,2-3,6-7,10-12H2,1H3. The first-order valence-electron chi connectivity index (χ1n) is 7.08. The third-order valence-corrected chi connectivity index (χ3v) is 5.47. The fraction of sp³-hybridized carbons (Fsp3) is 0.571. The molecule has 1 rings (SSSR count). The highest BCUT2D eigenvalue weighted by atomic mass is 35.7. The number of para-hydroxylation sites is 1. The number of nitrogens with zero attached hydrogens (tertiary/aromatic N) is 1. The van der Waals surface area contributed by atoms with Gasteiger partial charge in [-0.1, -0.05) is 31.4 Å². The molecule has 0 aliphatic heterocycles. The third-order valence-electron chi connectivity index (χ3n) is 3.10. The zero-order valence-corrected chi connectivity index (χ0v) is 14.7. The van der Waals surface area contributed by atoms with E-state index >= 15 is 0 Å². The fourth-order valence-corrected chi connectivity index (χ4v) is 3.66. The monoisotopic (exact) mass is 349 g/mol. The number of benzene rings is 1. The summed E-state index contributed by atoms with van der Waals surface area (Å²) in [5.41, 5.74) is 0.736. The van der Waals surface area contributed by atoms with Gasteiger partial charge >= 0.3 is 0 Å². The Bertz CT molecular complexity index is 452. The number of hydrogen-bond acceptors (Lipinski definition) is 3. The lowest BCUT2D eigenvalue weighted by Gasteiger charge is -2.09. The van der Waals surface area contributed by atoms with Gasteiger partial charge in [0, 0.05) is 12.7 Å². The molecule has 0 spiro atoms. The first-order chi connectivity index (χ1) is 9.90. The number of unbranched alkanes of at least 4 members (excludes halogenated alkanes) is 3. The van der Waals surface area contributed by atoms with E-state index in [-0.39, 0.29) is 17.2 Å². The van der Waals surface area contributed by atoms with Crippen molar-refractivity contribution in [3.8, 4) is 0 Å². The van der Waals surface area contributed by atoms with Crippen LogP contribution >= 0.6 is 22.2 Å². The zero-order chi connectivity index (χ0) is 15.7. The summed E-state index contributed by atoms with van der Waals surface area (Å²) >= 11 is 12.1. The average molecular weight is 350 g/mol. The molecule has 0 unspecified atom stereocenters. The van der Waals surface area contributed by atoms with Gasteiger partial charge in [0.25, 0.3) is 5.69 Å². The van der Waals surface area contributed by atoms with Gasteiger partial charge in [-0.2, -0.15) is 0 Å². The minimum absolute atomic E-state index is 0.117. The second-order valence-electron chi connectivity index (χ2n) is 5.17. The van der Waals surface area contributed by atoms with Crippen LogP contribution in [-0.2, 0) is 11.3 Å². The van der Waals surface area contributed by atoms with E-state index in [1.165, 1.54) is 6.07 Å². The van der Waals surface area contributed by atoms with Crippen molar-refractivity contribution in [2.24, 2.45) is 0 Å². The van der Waals surface area contributed by atoms with E-state index in [0.717, 1.165) is 31.7 Å². The van der Waals surface area contributed by atoms with Gasteiger partial charge in [0.1, 0.15) is 0 Å². The highest BCUT2D eigenvalue weighted by Crippen LogP contribution is 2.23. The molecule has 0 atom stereocenters. The van der Waals surface area contributed by atoms with E-state index in [1.807, 2.05) is 6.55 Å². The van der Waals surface area contributed by atoms with Crippen molar-refractivity contribution in [1.82, 2.24) is 0 Å². The van der Waals surface area contributed by atoms with E-state index in [9.17, 15) is 10.1 Å². The average Bonchev–Trinajstić information content (AvgIpc) is 2.41. The van der Waals surface area contributed by atoms with Crippen LogP contribution in [0.15, 0.2) is 24.3 Å². The fourth-order valence-electron chi connectivity index (χ4n) is 1.99. The van der Waals surface area contributed by atoms with Crippen LogP contribution in [0, 0.1) is 10.1 Å². The number of ether oxygens (including phenoxy) is 1. The Morgan fingerprint density at radius 2 is 1.86 bits per heavy atom. The molecule has 0 N–H and O–H groups in total. The van der Waals surface area contributed by atoms with Crippen molar-refractivity contribution < 1.29 is 9.66 Å². The lowest BCUT2D eigenvalue weighted by molar-refractivity contribution is -0.385. The van der Waals surface area contributed by atoms with Crippen LogP contribution in [0.5, 0.6) is 0 Å². The number of halogens is 2. The largest absolute Gasteiger partial charge is 0.377 e. The molecule has 0 radical (unpaired) electrons. The summed E-state index contributed by atoms with van der Waals surface area (Å²) in [4.78, 5) is 10.5. The minimum Gasteiger partial charge on any atom is -0.377 e. The van der Waals surface area contributed by atoms with Crippen LogP contribution in [0.2, 0.25) is 12.6 Å². The van der Waals surface area contributed by atoms with Gasteiger partial charge in [-0.25, -0.2) is 0 Å². The van der Waals surface area contributed by atoms with Crippen molar-refractivity contribution in [2.45, 2.75) is 44.9 Å². The molecule has 7 heteroatoms. The topological polar surface area (TPSA) is 52.4 Å². The smallest absolute Gasteiger partial charge is 0.274 e. The molecule has 0 aliphatic rings. The molecular weight excluding hydrogens is 329 g/mol. The van der Waals surface area contributed by atoms with Gasteiger partial charge in [0.2, 0.25) is 6.69 Å². The molecular formula is C14H21Cl2NO3Si. The van der Waals surface area contributed by atoms with Crippen molar-refractivity contribution in [1.29, 1.82) is 0 Å². The highest BCUT2D eigenvalue weighted by molar-refractivity contribution is 7.44. The van der Waals surface area contributed by atoms with E-state index in [0.29, 0.717) is 12.2 Å². The predicted molar refractivity (Wildman–Crippen MR) is 89.4 cm³/mol. The molecule has 0 heterocycles. The summed E-state index contributed by atoms with van der Waals surface area (Å²) in [5, 5.41) is 10.8. The molecule has 1 aromatic carbocycles. The molecule has 0 saturated heterocycles. The normalized spacial score (nSPS) is 11.6. The second kappa shape index (κ2) is 9.41. The van der Waals surface area contributed by atoms with Gasteiger partial charge < -0.3 is 4.74 Å². The highest BCUT2D eigenvalue weighted by Gasteiger charge is 2.19. The molecule has 0 aromatic heterocycles. The summed E-state index contributed by atoms with van der Waals surface area (Å²) in [6, 6.07) is 7.59. The quantitative estimate of drug-likeness (QED) is 0.191. The third kappa shape index (κ3) is 8.41. The Morgan fingerprint density at radius 1 is 1.19 bits per heavy atom. The van der Waals surface area contributed by atoms with Crippen LogP contribution in [0.25, 0.3) is 0 Å². The molecule has 0 amide bonds. The van der Waals surface area contributed by atoms with E-state index in [4.69, 9.17) is 26.9 Å². The van der Waals surface area contributed by atoms with Gasteiger partial charge in [0.15, 0.2) is 0 Å². The van der Waals surface area contributed by atoms with Crippen LogP contribution < -0.4 is 0 Å². The Balaban J connectivity index is 2.14. The number of hydrogen-bond donors (Lipinski definition) is 0. The van der Waals surface area contributed by atoms with Gasteiger partial charge in [0.05, 0.1) is 17.1 Å². The van der Waals surface area contributed by atoms with E-state index in [1.54, 1.807) is 18.2 Å². The van der Waals surface area contributed by atoms with Crippen LogP contribution in [0.3, 0.4) is 0 Å². The molecule has 118 valence electrons. The maximum atomic E-state index is 10.8. The van der Waals surface area contributed by atoms with Gasteiger partial charge in [-0.3, -0.25) is 10.1 Å². The first kappa shape index (κ1) is 18.4. The van der Waals surface area contributed by atoms with E-state index in [2.05, 4.69) is 0 Å². The summed E-state index contributed by atoms with van der Waals surface area (Å²) < 4.78 is 5.51. The van der Waals surface area contributed by atoms with Crippen molar-refractivity contribution in [3.63, 3.8) is 0 Å². The molecule has 1 aromatic rings. The first-order valence-corrected chi connectivity index (χ1v) is 11.8. The molecule has 0 bridgehead atoms. The van der Waals surface area contributed by atoms with Gasteiger partial charge in [-0.15, -0.1) is 22.2 Å². The Kier molecular flexibility index (Phi) is 8.25. The van der Waals surface area contributed by atoms with Crippen LogP contribution in [0.4, 0.5) is 5.69 Å². The molecule has 0 fully saturated rings. The van der Waals surface area contributed by atoms with Crippen molar-refractivity contribution in [2.75, 3.05) is 6.61 Å². The molecule has 4 nitrogen and oxygen atoms in total.